The lowest BCUT2D eigenvalue weighted by Crippen LogP contribution is -1.88. The number of nitrogens with one attached hydrogen (secondary N) is 1. The van der Waals surface area contributed by atoms with Gasteiger partial charge in [0.2, 0.25) is 5.13 Å². The first-order valence-corrected chi connectivity index (χ1v) is 6.89. The van der Waals surface area contributed by atoms with Crippen LogP contribution in [0.5, 0.6) is 0 Å². The van der Waals surface area contributed by atoms with Gasteiger partial charge in [-0.3, -0.25) is 0 Å². The minimum absolute atomic E-state index is 0.772. The minimum atomic E-state index is 0.772. The van der Waals surface area contributed by atoms with Crippen LogP contribution in [0.4, 0.5) is 10.8 Å². The molecule has 7 heteroatoms. The summed E-state index contributed by atoms with van der Waals surface area (Å²) < 4.78 is 1.93. The Labute approximate surface area is 107 Å². The Morgan fingerprint density at radius 1 is 1.25 bits per heavy atom. The van der Waals surface area contributed by atoms with Crippen molar-refractivity contribution >= 4 is 59.6 Å². The number of fused-ring (bicyclic) bond motifs is 1. The van der Waals surface area contributed by atoms with Gasteiger partial charge in [-0.2, -0.15) is 0 Å². The third-order valence-corrected chi connectivity index (χ3v) is 4.05. The lowest BCUT2D eigenvalue weighted by molar-refractivity contribution is 1.07. The molecule has 0 unspecified atom stereocenters. The third-order valence-electron chi connectivity index (χ3n) is 1.98. The molecule has 0 atom stereocenters. The molecule has 0 spiro atoms. The van der Waals surface area contributed by atoms with Crippen LogP contribution in [0.1, 0.15) is 0 Å². The van der Waals surface area contributed by atoms with E-state index in [1.807, 2.05) is 17.6 Å². The quantitative estimate of drug-likeness (QED) is 0.784. The van der Waals surface area contributed by atoms with Crippen molar-refractivity contribution < 1.29 is 0 Å². The average molecular weight is 313 g/mol. The van der Waals surface area contributed by atoms with Gasteiger partial charge in [0.05, 0.1) is 15.7 Å². The molecule has 2 aromatic heterocycles. The Balaban J connectivity index is 1.94. The second kappa shape index (κ2) is 4.08. The molecule has 0 radical (unpaired) electrons. The molecule has 80 valence electrons. The van der Waals surface area contributed by atoms with Crippen molar-refractivity contribution in [3.05, 3.63) is 27.6 Å². The van der Waals surface area contributed by atoms with Gasteiger partial charge in [-0.1, -0.05) is 11.3 Å². The summed E-state index contributed by atoms with van der Waals surface area (Å²) in [6, 6.07) is 6.03. The molecule has 0 amide bonds. The van der Waals surface area contributed by atoms with Gasteiger partial charge in [-0.25, -0.2) is 4.98 Å². The zero-order valence-corrected chi connectivity index (χ0v) is 11.1. The number of hydrogen-bond acceptors (Lipinski definition) is 6. The van der Waals surface area contributed by atoms with Gasteiger partial charge in [-0.05, 0) is 34.1 Å². The van der Waals surface area contributed by atoms with Crippen LogP contribution in [0.25, 0.3) is 10.2 Å². The molecule has 3 rings (SSSR count). The predicted octanol–water partition coefficient (Wildman–Crippen LogP) is 3.65. The molecule has 0 saturated carbocycles. The molecule has 0 aliphatic rings. The lowest BCUT2D eigenvalue weighted by atomic mass is 10.3. The first-order chi connectivity index (χ1) is 7.81. The summed E-state index contributed by atoms with van der Waals surface area (Å²) in [4.78, 5) is 4.23. The van der Waals surface area contributed by atoms with E-state index in [9.17, 15) is 0 Å². The largest absolute Gasteiger partial charge is 0.330 e. The molecule has 2 heterocycles. The van der Waals surface area contributed by atoms with Crippen molar-refractivity contribution in [1.82, 2.24) is 15.2 Å². The second-order valence-corrected chi connectivity index (χ2v) is 6.16. The van der Waals surface area contributed by atoms with Gasteiger partial charge in [-0.15, -0.1) is 21.5 Å². The van der Waals surface area contributed by atoms with E-state index in [-0.39, 0.29) is 0 Å². The molecule has 1 aromatic carbocycles. The van der Waals surface area contributed by atoms with E-state index < -0.39 is 0 Å². The number of thiazole rings is 1. The fourth-order valence-corrected chi connectivity index (χ4v) is 3.06. The van der Waals surface area contributed by atoms with Gasteiger partial charge in [0.25, 0.3) is 0 Å². The molecular formula is C9H5BrN4S2. The number of halogens is 1. The van der Waals surface area contributed by atoms with Crippen molar-refractivity contribution in [2.45, 2.75) is 0 Å². The van der Waals surface area contributed by atoms with E-state index >= 15 is 0 Å². The number of aromatic nitrogens is 3. The maximum absolute atomic E-state index is 4.23. The number of benzene rings is 1. The van der Waals surface area contributed by atoms with Gasteiger partial charge >= 0.3 is 0 Å². The van der Waals surface area contributed by atoms with Crippen LogP contribution >= 0.6 is 38.6 Å². The molecule has 0 aliphatic heterocycles. The molecule has 0 fully saturated rings. The van der Waals surface area contributed by atoms with Crippen LogP contribution in [-0.2, 0) is 0 Å². The summed E-state index contributed by atoms with van der Waals surface area (Å²) in [5, 5.41) is 11.8. The maximum atomic E-state index is 4.23. The molecule has 0 aliphatic carbocycles. The lowest BCUT2D eigenvalue weighted by Gasteiger charge is -2.00. The van der Waals surface area contributed by atoms with E-state index in [1.165, 1.54) is 11.3 Å². The van der Waals surface area contributed by atoms with Crippen LogP contribution in [0, 0.1) is 0 Å². The predicted molar refractivity (Wildman–Crippen MR) is 70.5 cm³/mol. The fraction of sp³-hybridized carbons (Fsp3) is 0. The van der Waals surface area contributed by atoms with E-state index in [1.54, 1.807) is 11.3 Å². The summed E-state index contributed by atoms with van der Waals surface area (Å²) in [6.07, 6.45) is 0. The van der Waals surface area contributed by atoms with Gasteiger partial charge in [0.15, 0.2) is 3.92 Å². The summed E-state index contributed by atoms with van der Waals surface area (Å²) in [5.74, 6) is 0. The van der Waals surface area contributed by atoms with Crippen molar-refractivity contribution in [2.24, 2.45) is 0 Å². The first kappa shape index (κ1) is 10.1. The Hall–Kier alpha value is -1.05. The second-order valence-electron chi connectivity index (χ2n) is 3.02. The molecule has 3 aromatic rings. The highest BCUT2D eigenvalue weighted by Crippen LogP contribution is 2.27. The number of nitrogens with zero attached hydrogens (tertiary/aromatic N) is 3. The van der Waals surface area contributed by atoms with Crippen molar-refractivity contribution in [3.8, 4) is 0 Å². The number of anilines is 2. The van der Waals surface area contributed by atoms with E-state index in [0.717, 1.165) is 25.0 Å². The SMILES string of the molecule is Brc1nnc(Nc2ccc3ncsc3c2)s1. The zero-order chi connectivity index (χ0) is 11.0. The topological polar surface area (TPSA) is 50.7 Å². The van der Waals surface area contributed by atoms with Crippen LogP contribution in [0.15, 0.2) is 27.6 Å². The van der Waals surface area contributed by atoms with Gasteiger partial charge in [0.1, 0.15) is 0 Å². The summed E-state index contributed by atoms with van der Waals surface area (Å²) in [6.45, 7) is 0. The van der Waals surface area contributed by atoms with Crippen LogP contribution < -0.4 is 5.32 Å². The molecule has 0 saturated heterocycles. The molecule has 0 bridgehead atoms. The fourth-order valence-electron chi connectivity index (χ4n) is 1.31. The standard InChI is InChI=1S/C9H5BrN4S2/c10-8-13-14-9(16-8)12-5-1-2-6-7(3-5)15-4-11-6/h1-4H,(H,12,14). The molecular weight excluding hydrogens is 308 g/mol. The normalized spacial score (nSPS) is 10.8. The number of rotatable bonds is 2. The van der Waals surface area contributed by atoms with Crippen molar-refractivity contribution in [2.75, 3.05) is 5.32 Å². The summed E-state index contributed by atoms with van der Waals surface area (Å²) >= 11 is 6.36. The maximum Gasteiger partial charge on any atom is 0.210 e. The molecule has 1 N–H and O–H groups in total. The highest BCUT2D eigenvalue weighted by atomic mass is 79.9. The van der Waals surface area contributed by atoms with Crippen LogP contribution in [0.2, 0.25) is 0 Å². The van der Waals surface area contributed by atoms with Gasteiger partial charge < -0.3 is 5.32 Å². The summed E-state index contributed by atoms with van der Waals surface area (Å²) in [5.41, 5.74) is 3.87. The Bertz CT molecular complexity index is 633. The van der Waals surface area contributed by atoms with E-state index in [0.29, 0.717) is 0 Å². The van der Waals surface area contributed by atoms with Crippen molar-refractivity contribution in [3.63, 3.8) is 0 Å². The van der Waals surface area contributed by atoms with Crippen LogP contribution in [-0.4, -0.2) is 15.2 Å². The monoisotopic (exact) mass is 312 g/mol. The molecule has 4 nitrogen and oxygen atoms in total. The minimum Gasteiger partial charge on any atom is -0.330 e. The Morgan fingerprint density at radius 3 is 3.00 bits per heavy atom. The average Bonchev–Trinajstić information content (AvgIpc) is 2.87. The molecule has 16 heavy (non-hydrogen) atoms. The number of hydrogen-bond donors (Lipinski definition) is 1. The summed E-state index contributed by atoms with van der Waals surface area (Å²) in [7, 11) is 0. The first-order valence-electron chi connectivity index (χ1n) is 4.40. The Kier molecular flexibility index (Phi) is 2.58. The van der Waals surface area contributed by atoms with Gasteiger partial charge in [0, 0.05) is 5.69 Å². The van der Waals surface area contributed by atoms with Crippen molar-refractivity contribution in [1.29, 1.82) is 0 Å². The van der Waals surface area contributed by atoms with Crippen LogP contribution in [0.3, 0.4) is 0 Å². The highest BCUT2D eigenvalue weighted by molar-refractivity contribution is 9.11. The van der Waals surface area contributed by atoms with E-state index in [2.05, 4.69) is 42.5 Å². The third kappa shape index (κ3) is 1.93. The zero-order valence-electron chi connectivity index (χ0n) is 7.85. The highest BCUT2D eigenvalue weighted by Gasteiger charge is 2.03. The smallest absolute Gasteiger partial charge is 0.210 e. The van der Waals surface area contributed by atoms with E-state index in [4.69, 9.17) is 0 Å². The Morgan fingerprint density at radius 2 is 2.19 bits per heavy atom.